The molecule has 0 bridgehead atoms. The van der Waals surface area contributed by atoms with E-state index in [9.17, 15) is 9.59 Å². The van der Waals surface area contributed by atoms with Gasteiger partial charge in [-0.1, -0.05) is 6.07 Å². The van der Waals surface area contributed by atoms with Crippen molar-refractivity contribution in [2.45, 2.75) is 25.2 Å². The third kappa shape index (κ3) is 5.87. The molecule has 6 heteroatoms. The normalized spacial score (nSPS) is 10.1. The molecular formula is C21H22N2O3S. The molecule has 0 aliphatic heterocycles. The predicted octanol–water partition coefficient (Wildman–Crippen LogP) is 4.13. The minimum atomic E-state index is -0.545. The van der Waals surface area contributed by atoms with Crippen molar-refractivity contribution < 1.29 is 14.3 Å². The summed E-state index contributed by atoms with van der Waals surface area (Å²) in [6.45, 7) is 3.77. The predicted molar refractivity (Wildman–Crippen MR) is 107 cm³/mol. The molecular weight excluding hydrogens is 360 g/mol. The van der Waals surface area contributed by atoms with Gasteiger partial charge in [-0.05, 0) is 67.6 Å². The Hall–Kier alpha value is -2.78. The van der Waals surface area contributed by atoms with Crippen LogP contribution < -0.4 is 4.90 Å². The third-order valence-electron chi connectivity index (χ3n) is 3.92. The summed E-state index contributed by atoms with van der Waals surface area (Å²) in [7, 11) is 0. The summed E-state index contributed by atoms with van der Waals surface area (Å²) in [6, 6.07) is 14.8. The zero-order valence-electron chi connectivity index (χ0n) is 15.7. The molecule has 0 aromatic heterocycles. The minimum Gasteiger partial charge on any atom is -0.452 e. The van der Waals surface area contributed by atoms with Crippen LogP contribution in [-0.4, -0.2) is 31.3 Å². The lowest BCUT2D eigenvalue weighted by Crippen LogP contribution is -2.35. The van der Waals surface area contributed by atoms with Gasteiger partial charge in [-0.3, -0.25) is 4.79 Å². The molecule has 2 aromatic rings. The van der Waals surface area contributed by atoms with Crippen molar-refractivity contribution in [2.24, 2.45) is 0 Å². The van der Waals surface area contributed by atoms with Gasteiger partial charge in [0.15, 0.2) is 6.61 Å². The Balaban J connectivity index is 2.08. The average Bonchev–Trinajstić information content (AvgIpc) is 2.65. The van der Waals surface area contributed by atoms with Gasteiger partial charge in [-0.25, -0.2) is 4.79 Å². The van der Waals surface area contributed by atoms with E-state index in [1.165, 1.54) is 4.90 Å². The first-order valence-electron chi connectivity index (χ1n) is 8.51. The molecule has 5 nitrogen and oxygen atoms in total. The molecule has 1 amide bonds. The van der Waals surface area contributed by atoms with Crippen LogP contribution in [0.15, 0.2) is 47.4 Å². The molecule has 140 valence electrons. The number of nitrogens with zero attached hydrogens (tertiary/aromatic N) is 2. The van der Waals surface area contributed by atoms with E-state index in [0.717, 1.165) is 16.0 Å². The Morgan fingerprint density at radius 3 is 2.30 bits per heavy atom. The lowest BCUT2D eigenvalue weighted by Gasteiger charge is -2.22. The van der Waals surface area contributed by atoms with E-state index in [0.29, 0.717) is 11.3 Å². The summed E-state index contributed by atoms with van der Waals surface area (Å²) >= 11 is 1.58. The fourth-order valence-electron chi connectivity index (χ4n) is 2.68. The molecule has 0 heterocycles. The largest absolute Gasteiger partial charge is 0.452 e. The smallest absolute Gasteiger partial charge is 0.338 e. The summed E-state index contributed by atoms with van der Waals surface area (Å²) in [5, 5.41) is 8.89. The summed E-state index contributed by atoms with van der Waals surface area (Å²) in [4.78, 5) is 27.4. The number of rotatable bonds is 7. The Morgan fingerprint density at radius 1 is 1.11 bits per heavy atom. The van der Waals surface area contributed by atoms with Crippen molar-refractivity contribution in [3.8, 4) is 6.07 Å². The van der Waals surface area contributed by atoms with Crippen molar-refractivity contribution in [1.82, 2.24) is 0 Å². The van der Waals surface area contributed by atoms with Crippen molar-refractivity contribution >= 4 is 29.3 Å². The standard InChI is InChI=1S/C21H22N2O3S/c1-15-11-16(2)13-18(12-15)23(10-4-9-22)20(24)14-26-21(25)17-5-7-19(27-3)8-6-17/h5-8,11-13H,4,10,14H2,1-3H3. The van der Waals surface area contributed by atoms with Gasteiger partial charge in [-0.2, -0.15) is 5.26 Å². The van der Waals surface area contributed by atoms with E-state index in [2.05, 4.69) is 0 Å². The first-order chi connectivity index (χ1) is 12.9. The third-order valence-corrected chi connectivity index (χ3v) is 4.66. The first kappa shape index (κ1) is 20.5. The highest BCUT2D eigenvalue weighted by Crippen LogP contribution is 2.20. The van der Waals surface area contributed by atoms with Crippen LogP contribution in [-0.2, 0) is 9.53 Å². The second-order valence-corrected chi connectivity index (χ2v) is 6.98. The zero-order chi connectivity index (χ0) is 19.8. The van der Waals surface area contributed by atoms with Gasteiger partial charge >= 0.3 is 5.97 Å². The lowest BCUT2D eigenvalue weighted by molar-refractivity contribution is -0.121. The van der Waals surface area contributed by atoms with Crippen LogP contribution in [0, 0.1) is 25.2 Å². The second-order valence-electron chi connectivity index (χ2n) is 6.10. The van der Waals surface area contributed by atoms with Gasteiger partial charge in [0.05, 0.1) is 18.1 Å². The van der Waals surface area contributed by atoms with Crippen LogP contribution in [0.5, 0.6) is 0 Å². The Bertz CT molecular complexity index is 836. The number of thioether (sulfide) groups is 1. The van der Waals surface area contributed by atoms with E-state index in [1.807, 2.05) is 56.5 Å². The van der Waals surface area contributed by atoms with E-state index in [4.69, 9.17) is 10.00 Å². The van der Waals surface area contributed by atoms with Crippen LogP contribution in [0.2, 0.25) is 0 Å². The number of ether oxygens (including phenoxy) is 1. The molecule has 0 aliphatic rings. The summed E-state index contributed by atoms with van der Waals surface area (Å²) < 4.78 is 5.19. The summed E-state index contributed by atoms with van der Waals surface area (Å²) in [5.74, 6) is -0.902. The minimum absolute atomic E-state index is 0.197. The monoisotopic (exact) mass is 382 g/mol. The highest BCUT2D eigenvalue weighted by molar-refractivity contribution is 7.98. The number of anilines is 1. The maximum atomic E-state index is 12.6. The van der Waals surface area contributed by atoms with E-state index >= 15 is 0 Å². The van der Waals surface area contributed by atoms with Crippen molar-refractivity contribution in [1.29, 1.82) is 5.26 Å². The molecule has 0 fully saturated rings. The number of benzene rings is 2. The topological polar surface area (TPSA) is 70.4 Å². The van der Waals surface area contributed by atoms with Gasteiger partial charge < -0.3 is 9.64 Å². The number of hydrogen-bond acceptors (Lipinski definition) is 5. The highest BCUT2D eigenvalue weighted by atomic mass is 32.2. The highest BCUT2D eigenvalue weighted by Gasteiger charge is 2.18. The first-order valence-corrected chi connectivity index (χ1v) is 9.74. The zero-order valence-corrected chi connectivity index (χ0v) is 16.5. The maximum Gasteiger partial charge on any atom is 0.338 e. The molecule has 27 heavy (non-hydrogen) atoms. The van der Waals surface area contributed by atoms with Gasteiger partial charge in [0.2, 0.25) is 0 Å². The number of amides is 1. The van der Waals surface area contributed by atoms with Crippen molar-refractivity contribution in [3.63, 3.8) is 0 Å². The number of hydrogen-bond donors (Lipinski definition) is 0. The summed E-state index contributed by atoms with van der Waals surface area (Å²) in [6.07, 6.45) is 2.15. The van der Waals surface area contributed by atoms with Gasteiger partial charge in [-0.15, -0.1) is 11.8 Å². The Morgan fingerprint density at radius 2 is 1.74 bits per heavy atom. The molecule has 0 spiro atoms. The molecule has 0 saturated heterocycles. The fourth-order valence-corrected chi connectivity index (χ4v) is 3.09. The quantitative estimate of drug-likeness (QED) is 0.532. The van der Waals surface area contributed by atoms with Gasteiger partial charge in [0.25, 0.3) is 5.91 Å². The van der Waals surface area contributed by atoms with Crippen LogP contribution in [0.1, 0.15) is 27.9 Å². The number of aryl methyl sites for hydroxylation is 2. The fraction of sp³-hybridized carbons (Fsp3) is 0.286. The van der Waals surface area contributed by atoms with Gasteiger partial charge in [0.1, 0.15) is 0 Å². The van der Waals surface area contributed by atoms with E-state index in [1.54, 1.807) is 23.9 Å². The molecule has 2 aromatic carbocycles. The van der Waals surface area contributed by atoms with E-state index in [-0.39, 0.29) is 25.5 Å². The second kappa shape index (κ2) is 9.79. The number of carbonyl (C=O) groups excluding carboxylic acids is 2. The van der Waals surface area contributed by atoms with E-state index < -0.39 is 5.97 Å². The molecule has 0 atom stereocenters. The molecule has 2 rings (SSSR count). The van der Waals surface area contributed by atoms with Crippen LogP contribution in [0.3, 0.4) is 0 Å². The number of esters is 1. The molecule has 0 N–H and O–H groups in total. The average molecular weight is 382 g/mol. The molecule has 0 unspecified atom stereocenters. The number of carbonyl (C=O) groups is 2. The van der Waals surface area contributed by atoms with Crippen LogP contribution in [0.4, 0.5) is 5.69 Å². The van der Waals surface area contributed by atoms with Gasteiger partial charge in [0, 0.05) is 17.1 Å². The SMILES string of the molecule is CSc1ccc(C(=O)OCC(=O)N(CCC#N)c2cc(C)cc(C)c2)cc1. The van der Waals surface area contributed by atoms with Crippen LogP contribution in [0.25, 0.3) is 0 Å². The number of nitriles is 1. The molecule has 0 aliphatic carbocycles. The Kier molecular flexibility index (Phi) is 7.44. The molecule has 0 saturated carbocycles. The molecule has 0 radical (unpaired) electrons. The van der Waals surface area contributed by atoms with Crippen LogP contribution >= 0.6 is 11.8 Å². The Labute approximate surface area is 163 Å². The lowest BCUT2D eigenvalue weighted by atomic mass is 10.1. The van der Waals surface area contributed by atoms with Crippen molar-refractivity contribution in [2.75, 3.05) is 24.3 Å². The van der Waals surface area contributed by atoms with Crippen molar-refractivity contribution in [3.05, 3.63) is 59.2 Å². The summed E-state index contributed by atoms with van der Waals surface area (Å²) in [5.41, 5.74) is 3.14. The maximum absolute atomic E-state index is 12.6.